The molecule has 0 radical (unpaired) electrons. The summed E-state index contributed by atoms with van der Waals surface area (Å²) in [7, 11) is 2.17. The zero-order valence-corrected chi connectivity index (χ0v) is 10.1. The van der Waals surface area contributed by atoms with Gasteiger partial charge >= 0.3 is 5.97 Å². The summed E-state index contributed by atoms with van der Waals surface area (Å²) in [4.78, 5) is 12.9. The van der Waals surface area contributed by atoms with Crippen molar-refractivity contribution < 1.29 is 14.4 Å². The van der Waals surface area contributed by atoms with E-state index in [4.69, 9.17) is 4.74 Å². The maximum Gasteiger partial charge on any atom is 0.319 e. The number of thiol groups is 1. The number of quaternary nitrogens is 1. The van der Waals surface area contributed by atoms with Crippen LogP contribution in [0, 0.1) is 0 Å². The molecule has 82 valence electrons. The highest BCUT2D eigenvalue weighted by molar-refractivity contribution is 7.81. The van der Waals surface area contributed by atoms with Gasteiger partial charge in [0.1, 0.15) is 5.60 Å². The second kappa shape index (κ2) is 4.53. The number of carbonyl (C=O) groups excluding carboxylic acids is 1. The summed E-state index contributed by atoms with van der Waals surface area (Å²) >= 11 is 4.07. The fourth-order valence-corrected chi connectivity index (χ4v) is 1.69. The van der Waals surface area contributed by atoms with E-state index in [2.05, 4.69) is 19.7 Å². The molecule has 0 aromatic carbocycles. The van der Waals surface area contributed by atoms with Crippen LogP contribution in [0.3, 0.4) is 0 Å². The van der Waals surface area contributed by atoms with E-state index in [-0.39, 0.29) is 16.8 Å². The summed E-state index contributed by atoms with van der Waals surface area (Å²) in [5.74, 6) is -0.199. The molecule has 0 bridgehead atoms. The van der Waals surface area contributed by atoms with Crippen molar-refractivity contribution in [2.45, 2.75) is 37.5 Å². The van der Waals surface area contributed by atoms with Gasteiger partial charge in [0.15, 0.2) is 0 Å². The number of rotatable bonds is 2. The van der Waals surface area contributed by atoms with Crippen LogP contribution in [-0.2, 0) is 9.53 Å². The zero-order chi connectivity index (χ0) is 10.8. The van der Waals surface area contributed by atoms with Crippen LogP contribution >= 0.6 is 12.6 Å². The van der Waals surface area contributed by atoms with Gasteiger partial charge in [-0.25, -0.2) is 0 Å². The van der Waals surface area contributed by atoms with Crippen molar-refractivity contribution in [2.24, 2.45) is 0 Å². The monoisotopic (exact) mass is 218 g/mol. The molecule has 1 unspecified atom stereocenters. The van der Waals surface area contributed by atoms with Crippen LogP contribution in [0.25, 0.3) is 0 Å². The largest absolute Gasteiger partial charge is 0.458 e. The van der Waals surface area contributed by atoms with Gasteiger partial charge in [0.05, 0.1) is 25.4 Å². The molecule has 1 aliphatic rings. The highest BCUT2D eigenvalue weighted by Crippen LogP contribution is 2.21. The molecular formula is C10H20NO2S+. The molecule has 1 N–H and O–H groups in total. The topological polar surface area (TPSA) is 30.7 Å². The fourth-order valence-electron chi connectivity index (χ4n) is 1.64. The molecule has 0 amide bonds. The minimum Gasteiger partial charge on any atom is -0.458 e. The predicted molar refractivity (Wildman–Crippen MR) is 58.8 cm³/mol. The average molecular weight is 218 g/mol. The van der Waals surface area contributed by atoms with Crippen LogP contribution in [0.1, 0.15) is 26.7 Å². The van der Waals surface area contributed by atoms with Gasteiger partial charge in [-0.15, -0.1) is 0 Å². The molecule has 3 nitrogen and oxygen atoms in total. The standard InChI is InChI=1S/C10H19NO2S/c1-8(14)9(12)13-10(2)4-6-11(3)7-5-10/h8,14H,4-7H2,1-3H3/p+1. The maximum atomic E-state index is 11.4. The number of hydrogen-bond acceptors (Lipinski definition) is 3. The van der Waals surface area contributed by atoms with Gasteiger partial charge in [-0.1, -0.05) is 0 Å². The smallest absolute Gasteiger partial charge is 0.319 e. The molecule has 0 aromatic rings. The highest BCUT2D eigenvalue weighted by Gasteiger charge is 2.35. The number of hydrogen-bond donors (Lipinski definition) is 2. The lowest BCUT2D eigenvalue weighted by atomic mass is 9.93. The maximum absolute atomic E-state index is 11.4. The van der Waals surface area contributed by atoms with E-state index in [0.29, 0.717) is 0 Å². The number of esters is 1. The molecule has 1 heterocycles. The Morgan fingerprint density at radius 1 is 1.50 bits per heavy atom. The Morgan fingerprint density at radius 3 is 2.43 bits per heavy atom. The molecule has 0 spiro atoms. The Kier molecular flexibility index (Phi) is 3.84. The lowest BCUT2D eigenvalue weighted by Gasteiger charge is -2.35. The first-order valence-corrected chi connectivity index (χ1v) is 5.67. The van der Waals surface area contributed by atoms with Crippen molar-refractivity contribution in [2.75, 3.05) is 20.1 Å². The van der Waals surface area contributed by atoms with Crippen LogP contribution in [-0.4, -0.2) is 37.0 Å². The van der Waals surface area contributed by atoms with Gasteiger partial charge in [-0.05, 0) is 13.8 Å². The second-order valence-corrected chi connectivity index (χ2v) is 5.28. The third-order valence-electron chi connectivity index (χ3n) is 2.85. The van der Waals surface area contributed by atoms with Crippen LogP contribution in [0.4, 0.5) is 0 Å². The highest BCUT2D eigenvalue weighted by atomic mass is 32.1. The van der Waals surface area contributed by atoms with Crippen molar-refractivity contribution in [3.05, 3.63) is 0 Å². The van der Waals surface area contributed by atoms with E-state index in [1.165, 1.54) is 4.90 Å². The summed E-state index contributed by atoms with van der Waals surface area (Å²) in [6, 6.07) is 0. The molecule has 1 atom stereocenters. The molecule has 14 heavy (non-hydrogen) atoms. The quantitative estimate of drug-likeness (QED) is 0.501. The third kappa shape index (κ3) is 3.17. The Hall–Kier alpha value is -0.220. The van der Waals surface area contributed by atoms with Gasteiger partial charge < -0.3 is 9.64 Å². The van der Waals surface area contributed by atoms with Crippen LogP contribution in [0.5, 0.6) is 0 Å². The first-order valence-electron chi connectivity index (χ1n) is 5.15. The Balaban J connectivity index is 2.46. The van der Waals surface area contributed by atoms with E-state index in [1.54, 1.807) is 6.92 Å². The van der Waals surface area contributed by atoms with E-state index >= 15 is 0 Å². The molecule has 0 aromatic heterocycles. The normalized spacial score (nSPS) is 35.0. The molecular weight excluding hydrogens is 198 g/mol. The average Bonchev–Trinajstić information content (AvgIpc) is 2.10. The molecule has 4 heteroatoms. The summed E-state index contributed by atoms with van der Waals surface area (Å²) in [5, 5.41) is -0.321. The van der Waals surface area contributed by atoms with E-state index in [0.717, 1.165) is 25.9 Å². The van der Waals surface area contributed by atoms with Gasteiger partial charge in [-0.3, -0.25) is 4.79 Å². The third-order valence-corrected chi connectivity index (χ3v) is 3.06. The lowest BCUT2D eigenvalue weighted by molar-refractivity contribution is -0.887. The SMILES string of the molecule is CC(S)C(=O)OC1(C)CC[NH+](C)CC1. The number of piperidine rings is 1. The Bertz CT molecular complexity index is 210. The molecule has 0 saturated carbocycles. The number of carbonyl (C=O) groups is 1. The van der Waals surface area contributed by atoms with E-state index < -0.39 is 0 Å². The lowest BCUT2D eigenvalue weighted by Crippen LogP contribution is -3.10. The van der Waals surface area contributed by atoms with Crippen molar-refractivity contribution in [1.82, 2.24) is 0 Å². The van der Waals surface area contributed by atoms with E-state index in [9.17, 15) is 4.79 Å². The molecule has 0 aliphatic carbocycles. The van der Waals surface area contributed by atoms with Gasteiger partial charge in [0.25, 0.3) is 0 Å². The zero-order valence-electron chi connectivity index (χ0n) is 9.17. The number of nitrogens with one attached hydrogen (secondary N) is 1. The van der Waals surface area contributed by atoms with Crippen molar-refractivity contribution in [3.8, 4) is 0 Å². The molecule has 1 fully saturated rings. The van der Waals surface area contributed by atoms with E-state index in [1.807, 2.05) is 6.92 Å². The number of likely N-dealkylation sites (tertiary alicyclic amines) is 1. The van der Waals surface area contributed by atoms with Crippen LogP contribution in [0.2, 0.25) is 0 Å². The molecule has 1 rings (SSSR count). The predicted octanol–water partition coefficient (Wildman–Crippen LogP) is -0.0849. The fraction of sp³-hybridized carbons (Fsp3) is 0.900. The Labute approximate surface area is 91.2 Å². The van der Waals surface area contributed by atoms with Crippen molar-refractivity contribution in [1.29, 1.82) is 0 Å². The summed E-state index contributed by atoms with van der Waals surface area (Å²) < 4.78 is 5.46. The number of ether oxygens (including phenoxy) is 1. The molecule has 1 aliphatic heterocycles. The first kappa shape index (κ1) is 11.9. The van der Waals surface area contributed by atoms with Gasteiger partial charge in [0, 0.05) is 12.8 Å². The molecule has 1 saturated heterocycles. The van der Waals surface area contributed by atoms with Crippen molar-refractivity contribution >= 4 is 18.6 Å². The summed E-state index contributed by atoms with van der Waals surface area (Å²) in [5.41, 5.74) is -0.256. The summed E-state index contributed by atoms with van der Waals surface area (Å²) in [6.07, 6.45) is 1.90. The minimum absolute atomic E-state index is 0.199. The minimum atomic E-state index is -0.321. The Morgan fingerprint density at radius 2 is 2.00 bits per heavy atom. The second-order valence-electron chi connectivity index (χ2n) is 4.50. The van der Waals surface area contributed by atoms with Gasteiger partial charge in [0.2, 0.25) is 0 Å². The van der Waals surface area contributed by atoms with Crippen molar-refractivity contribution in [3.63, 3.8) is 0 Å². The first-order chi connectivity index (χ1) is 6.43. The summed E-state index contributed by atoms with van der Waals surface area (Å²) in [6.45, 7) is 5.91. The van der Waals surface area contributed by atoms with Crippen LogP contribution in [0.15, 0.2) is 0 Å². The van der Waals surface area contributed by atoms with Gasteiger partial charge in [-0.2, -0.15) is 12.6 Å². The van der Waals surface area contributed by atoms with Crippen LogP contribution < -0.4 is 4.90 Å².